The fourth-order valence-corrected chi connectivity index (χ4v) is 4.70. The van der Waals surface area contributed by atoms with Crippen molar-refractivity contribution in [3.63, 3.8) is 0 Å². The number of ether oxygens (including phenoxy) is 1. The van der Waals surface area contributed by atoms with Crippen molar-refractivity contribution < 1.29 is 17.9 Å². The molecule has 1 aliphatic carbocycles. The highest BCUT2D eigenvalue weighted by Gasteiger charge is 2.47. The van der Waals surface area contributed by atoms with E-state index in [4.69, 9.17) is 4.74 Å². The quantitative estimate of drug-likeness (QED) is 0.714. The first-order valence-corrected chi connectivity index (χ1v) is 11.1. The standard InChI is InChI=1S/C22H26F3N5O2/c1-14-13-32-10-9-28(14)19-11-20(31)29-8-7-18(22(23,24)25)30(21(29)27-19)16-5-6-17(26-12-16)15-3-2-4-15/h5-6,11-12,14-15,18H,2-4,7-10,13H2,1H3/t14-,18+/m1/s1. The molecule has 2 aliphatic heterocycles. The number of hydrogen-bond acceptors (Lipinski definition) is 6. The van der Waals surface area contributed by atoms with Gasteiger partial charge < -0.3 is 9.64 Å². The third kappa shape index (κ3) is 3.74. The van der Waals surface area contributed by atoms with Crippen LogP contribution >= 0.6 is 0 Å². The summed E-state index contributed by atoms with van der Waals surface area (Å²) in [7, 11) is 0. The lowest BCUT2D eigenvalue weighted by Gasteiger charge is -2.40. The fraction of sp³-hybridized carbons (Fsp3) is 0.591. The third-order valence-corrected chi connectivity index (χ3v) is 6.74. The number of alkyl halides is 3. The van der Waals surface area contributed by atoms with Crippen LogP contribution < -0.4 is 15.4 Å². The SMILES string of the molecule is C[C@@H]1COCCN1c1cc(=O)n2c(n1)N(c1ccc(C3CCC3)nc1)[C@H](C(F)(F)F)CC2. The van der Waals surface area contributed by atoms with E-state index in [1.165, 1.54) is 16.8 Å². The smallest absolute Gasteiger partial charge is 0.377 e. The Morgan fingerprint density at radius 1 is 1.16 bits per heavy atom. The molecule has 10 heteroatoms. The summed E-state index contributed by atoms with van der Waals surface area (Å²) in [5, 5.41) is 0. The lowest BCUT2D eigenvalue weighted by Crippen LogP contribution is -2.51. The number of halogens is 3. The van der Waals surface area contributed by atoms with E-state index in [1.54, 1.807) is 12.1 Å². The molecule has 32 heavy (non-hydrogen) atoms. The Bertz CT molecular complexity index is 1040. The molecule has 2 aromatic heterocycles. The van der Waals surface area contributed by atoms with Crippen LogP contribution in [-0.4, -0.2) is 52.6 Å². The summed E-state index contributed by atoms with van der Waals surface area (Å²) in [6.07, 6.45) is 0.0510. The van der Waals surface area contributed by atoms with E-state index in [0.717, 1.165) is 29.9 Å². The van der Waals surface area contributed by atoms with Gasteiger partial charge in [0.25, 0.3) is 5.56 Å². The molecule has 0 N–H and O–H groups in total. The minimum Gasteiger partial charge on any atom is -0.377 e. The average molecular weight is 449 g/mol. The van der Waals surface area contributed by atoms with Crippen LogP contribution in [0, 0.1) is 0 Å². The second-order valence-electron chi connectivity index (χ2n) is 8.81. The van der Waals surface area contributed by atoms with E-state index in [0.29, 0.717) is 37.2 Å². The number of anilines is 3. The second kappa shape index (κ2) is 8.06. The van der Waals surface area contributed by atoms with E-state index in [-0.39, 0.29) is 30.5 Å². The van der Waals surface area contributed by atoms with Crippen molar-refractivity contribution in [2.75, 3.05) is 29.6 Å². The van der Waals surface area contributed by atoms with Gasteiger partial charge in [-0.1, -0.05) is 6.42 Å². The number of aromatic nitrogens is 3. The van der Waals surface area contributed by atoms with Crippen LogP contribution in [0.4, 0.5) is 30.6 Å². The number of pyridine rings is 1. The molecule has 0 spiro atoms. The minimum absolute atomic E-state index is 0.0120. The Hall–Kier alpha value is -2.62. The van der Waals surface area contributed by atoms with Gasteiger partial charge in [0, 0.05) is 30.8 Å². The van der Waals surface area contributed by atoms with E-state index in [1.807, 2.05) is 11.8 Å². The Morgan fingerprint density at radius 2 is 1.97 bits per heavy atom. The van der Waals surface area contributed by atoms with Gasteiger partial charge in [0.1, 0.15) is 11.9 Å². The highest BCUT2D eigenvalue weighted by atomic mass is 19.4. The molecule has 1 saturated carbocycles. The lowest BCUT2D eigenvalue weighted by atomic mass is 9.83. The van der Waals surface area contributed by atoms with Gasteiger partial charge in [-0.15, -0.1) is 0 Å². The normalized spacial score (nSPS) is 24.2. The molecule has 2 fully saturated rings. The summed E-state index contributed by atoms with van der Waals surface area (Å²) >= 11 is 0. The second-order valence-corrected chi connectivity index (χ2v) is 8.81. The molecule has 2 aromatic rings. The highest BCUT2D eigenvalue weighted by Crippen LogP contribution is 2.40. The van der Waals surface area contributed by atoms with E-state index < -0.39 is 12.2 Å². The first-order valence-electron chi connectivity index (χ1n) is 11.1. The van der Waals surface area contributed by atoms with Crippen molar-refractivity contribution in [3.05, 3.63) is 40.4 Å². The monoisotopic (exact) mass is 449 g/mol. The predicted octanol–water partition coefficient (Wildman–Crippen LogP) is 3.60. The van der Waals surface area contributed by atoms with Crippen molar-refractivity contribution in [3.8, 4) is 0 Å². The first kappa shape index (κ1) is 21.2. The summed E-state index contributed by atoms with van der Waals surface area (Å²) < 4.78 is 49.0. The Kier molecular flexibility index (Phi) is 5.35. The lowest BCUT2D eigenvalue weighted by molar-refractivity contribution is -0.150. The van der Waals surface area contributed by atoms with E-state index >= 15 is 0 Å². The zero-order valence-corrected chi connectivity index (χ0v) is 17.9. The van der Waals surface area contributed by atoms with Gasteiger partial charge in [0.2, 0.25) is 5.95 Å². The van der Waals surface area contributed by atoms with Crippen LogP contribution in [0.25, 0.3) is 0 Å². The molecule has 1 saturated heterocycles. The first-order chi connectivity index (χ1) is 15.3. The maximum atomic E-state index is 14.1. The molecule has 7 nitrogen and oxygen atoms in total. The van der Waals surface area contributed by atoms with Crippen molar-refractivity contribution >= 4 is 17.5 Å². The van der Waals surface area contributed by atoms with Gasteiger partial charge in [-0.2, -0.15) is 18.2 Å². The van der Waals surface area contributed by atoms with Crippen LogP contribution in [-0.2, 0) is 11.3 Å². The molecule has 172 valence electrons. The molecule has 4 heterocycles. The summed E-state index contributed by atoms with van der Waals surface area (Å²) in [6.45, 7) is 3.39. The molecule has 2 atom stereocenters. The summed E-state index contributed by atoms with van der Waals surface area (Å²) in [5.74, 6) is 0.771. The van der Waals surface area contributed by atoms with Gasteiger partial charge in [-0.3, -0.25) is 19.2 Å². The maximum Gasteiger partial charge on any atom is 0.409 e. The number of rotatable bonds is 3. The summed E-state index contributed by atoms with van der Waals surface area (Å²) in [4.78, 5) is 25.0. The van der Waals surface area contributed by atoms with Crippen LogP contribution in [0.1, 0.15) is 44.2 Å². The maximum absolute atomic E-state index is 14.1. The molecule has 0 unspecified atom stereocenters. The van der Waals surface area contributed by atoms with Crippen molar-refractivity contribution in [2.24, 2.45) is 0 Å². The summed E-state index contributed by atoms with van der Waals surface area (Å²) in [5.41, 5.74) is 0.845. The highest BCUT2D eigenvalue weighted by molar-refractivity contribution is 5.61. The van der Waals surface area contributed by atoms with Crippen molar-refractivity contribution in [2.45, 2.75) is 63.3 Å². The van der Waals surface area contributed by atoms with Crippen LogP contribution in [0.5, 0.6) is 0 Å². The number of morpholine rings is 1. The van der Waals surface area contributed by atoms with E-state index in [2.05, 4.69) is 9.97 Å². The zero-order chi connectivity index (χ0) is 22.5. The van der Waals surface area contributed by atoms with Crippen molar-refractivity contribution in [1.82, 2.24) is 14.5 Å². The topological polar surface area (TPSA) is 63.5 Å². The Labute approximate surface area is 183 Å². The van der Waals surface area contributed by atoms with Gasteiger partial charge in [0.15, 0.2) is 0 Å². The van der Waals surface area contributed by atoms with Crippen LogP contribution in [0.15, 0.2) is 29.2 Å². The predicted molar refractivity (Wildman–Crippen MR) is 114 cm³/mol. The summed E-state index contributed by atoms with van der Waals surface area (Å²) in [6, 6.07) is 3.08. The zero-order valence-electron chi connectivity index (χ0n) is 17.9. The number of nitrogens with zero attached hydrogens (tertiary/aromatic N) is 5. The van der Waals surface area contributed by atoms with Gasteiger partial charge in [0.05, 0.1) is 31.1 Å². The minimum atomic E-state index is -4.47. The Morgan fingerprint density at radius 3 is 2.59 bits per heavy atom. The fourth-order valence-electron chi connectivity index (χ4n) is 4.70. The van der Waals surface area contributed by atoms with E-state index in [9.17, 15) is 18.0 Å². The van der Waals surface area contributed by atoms with Gasteiger partial charge in [-0.05, 0) is 38.3 Å². The molecular formula is C22H26F3N5O2. The largest absolute Gasteiger partial charge is 0.409 e. The van der Waals surface area contributed by atoms with Gasteiger partial charge in [-0.25, -0.2) is 0 Å². The molecule has 0 amide bonds. The number of hydrogen-bond donors (Lipinski definition) is 0. The molecule has 0 radical (unpaired) electrons. The number of fused-ring (bicyclic) bond motifs is 1. The van der Waals surface area contributed by atoms with Crippen molar-refractivity contribution in [1.29, 1.82) is 0 Å². The molecular weight excluding hydrogens is 423 g/mol. The van der Waals surface area contributed by atoms with Crippen LogP contribution in [0.3, 0.4) is 0 Å². The Balaban J connectivity index is 1.59. The molecule has 5 rings (SSSR count). The molecule has 3 aliphatic rings. The molecule has 0 aromatic carbocycles. The third-order valence-electron chi connectivity index (χ3n) is 6.74. The average Bonchev–Trinajstić information content (AvgIpc) is 2.72. The van der Waals surface area contributed by atoms with Crippen LogP contribution in [0.2, 0.25) is 0 Å². The molecule has 0 bridgehead atoms. The van der Waals surface area contributed by atoms with Gasteiger partial charge >= 0.3 is 6.18 Å².